The first kappa shape index (κ1) is 11.6. The minimum Gasteiger partial charge on any atom is -0.390 e. The van der Waals surface area contributed by atoms with Gasteiger partial charge in [-0.3, -0.25) is 4.79 Å². The number of unbranched alkanes of at least 4 members (excludes halogenated alkanes) is 1. The molecule has 0 aliphatic carbocycles. The summed E-state index contributed by atoms with van der Waals surface area (Å²) in [7, 11) is 0. The number of rotatable bonds is 6. The van der Waals surface area contributed by atoms with Crippen LogP contribution in [0.2, 0.25) is 0 Å². The molecule has 0 saturated heterocycles. The molecule has 2 atom stereocenters. The van der Waals surface area contributed by atoms with E-state index >= 15 is 0 Å². The van der Waals surface area contributed by atoms with Crippen molar-refractivity contribution in [1.29, 1.82) is 0 Å². The SMILES string of the molecule is CCCCC(O)C(O)C(=O)CO. The second kappa shape index (κ2) is 6.11. The molecule has 0 aromatic rings. The van der Waals surface area contributed by atoms with E-state index in [1.54, 1.807) is 0 Å². The fraction of sp³-hybridized carbons (Fsp3) is 0.875. The van der Waals surface area contributed by atoms with E-state index in [2.05, 4.69) is 0 Å². The number of aliphatic hydroxyl groups is 3. The molecule has 4 heteroatoms. The van der Waals surface area contributed by atoms with Crippen molar-refractivity contribution >= 4 is 5.78 Å². The van der Waals surface area contributed by atoms with E-state index in [-0.39, 0.29) is 0 Å². The zero-order valence-corrected chi connectivity index (χ0v) is 7.23. The lowest BCUT2D eigenvalue weighted by Gasteiger charge is -2.14. The predicted octanol–water partition coefficient (Wildman–Crippen LogP) is -0.540. The summed E-state index contributed by atoms with van der Waals surface area (Å²) in [6.45, 7) is 1.23. The van der Waals surface area contributed by atoms with Gasteiger partial charge in [-0.1, -0.05) is 19.8 Å². The van der Waals surface area contributed by atoms with Gasteiger partial charge in [-0.2, -0.15) is 0 Å². The normalized spacial score (nSPS) is 15.7. The third-order valence-electron chi connectivity index (χ3n) is 1.70. The van der Waals surface area contributed by atoms with Crippen LogP contribution in [0.15, 0.2) is 0 Å². The van der Waals surface area contributed by atoms with Crippen LogP contribution in [0.1, 0.15) is 26.2 Å². The van der Waals surface area contributed by atoms with E-state index in [0.29, 0.717) is 6.42 Å². The van der Waals surface area contributed by atoms with Crippen molar-refractivity contribution < 1.29 is 20.1 Å². The molecule has 0 aromatic heterocycles. The van der Waals surface area contributed by atoms with Gasteiger partial charge in [-0.15, -0.1) is 0 Å². The highest BCUT2D eigenvalue weighted by atomic mass is 16.3. The number of ketones is 1. The molecule has 2 unspecified atom stereocenters. The van der Waals surface area contributed by atoms with Gasteiger partial charge >= 0.3 is 0 Å². The molecule has 0 saturated carbocycles. The van der Waals surface area contributed by atoms with Gasteiger partial charge in [0.1, 0.15) is 12.7 Å². The largest absolute Gasteiger partial charge is 0.390 e. The van der Waals surface area contributed by atoms with Crippen LogP contribution in [0.5, 0.6) is 0 Å². The first-order valence-corrected chi connectivity index (χ1v) is 4.13. The van der Waals surface area contributed by atoms with Crippen LogP contribution in [0, 0.1) is 0 Å². The maximum Gasteiger partial charge on any atom is 0.189 e. The summed E-state index contributed by atoms with van der Waals surface area (Å²) in [5.41, 5.74) is 0. The second-order valence-corrected chi connectivity index (χ2v) is 2.78. The van der Waals surface area contributed by atoms with E-state index in [0.717, 1.165) is 12.8 Å². The van der Waals surface area contributed by atoms with Crippen LogP contribution >= 0.6 is 0 Å². The quantitative estimate of drug-likeness (QED) is 0.508. The van der Waals surface area contributed by atoms with Gasteiger partial charge in [0.05, 0.1) is 6.10 Å². The Morgan fingerprint density at radius 1 is 1.42 bits per heavy atom. The van der Waals surface area contributed by atoms with Crippen molar-refractivity contribution in [2.75, 3.05) is 6.61 Å². The number of carbonyl (C=O) groups excluding carboxylic acids is 1. The van der Waals surface area contributed by atoms with Crippen LogP contribution in [-0.4, -0.2) is 39.9 Å². The van der Waals surface area contributed by atoms with E-state index in [9.17, 15) is 4.79 Å². The Morgan fingerprint density at radius 3 is 2.42 bits per heavy atom. The fourth-order valence-corrected chi connectivity index (χ4v) is 0.879. The fourth-order valence-electron chi connectivity index (χ4n) is 0.879. The molecule has 0 bridgehead atoms. The summed E-state index contributed by atoms with van der Waals surface area (Å²) in [4.78, 5) is 10.7. The van der Waals surface area contributed by atoms with Gasteiger partial charge in [0.25, 0.3) is 0 Å². The van der Waals surface area contributed by atoms with Gasteiger partial charge in [-0.05, 0) is 6.42 Å². The lowest BCUT2D eigenvalue weighted by atomic mass is 10.0. The van der Waals surface area contributed by atoms with E-state index in [4.69, 9.17) is 15.3 Å². The molecule has 0 radical (unpaired) electrons. The van der Waals surface area contributed by atoms with Crippen molar-refractivity contribution in [1.82, 2.24) is 0 Å². The molecular weight excluding hydrogens is 160 g/mol. The summed E-state index contributed by atoms with van der Waals surface area (Å²) >= 11 is 0. The molecule has 0 aromatic carbocycles. The number of aliphatic hydroxyl groups excluding tert-OH is 3. The Bertz CT molecular complexity index is 135. The van der Waals surface area contributed by atoms with Crippen molar-refractivity contribution in [3.63, 3.8) is 0 Å². The zero-order chi connectivity index (χ0) is 9.56. The molecule has 0 heterocycles. The van der Waals surface area contributed by atoms with Gasteiger partial charge in [0, 0.05) is 0 Å². The van der Waals surface area contributed by atoms with Crippen molar-refractivity contribution in [3.8, 4) is 0 Å². The number of hydrogen-bond donors (Lipinski definition) is 3. The van der Waals surface area contributed by atoms with Crippen LogP contribution in [-0.2, 0) is 4.79 Å². The van der Waals surface area contributed by atoms with Crippen molar-refractivity contribution in [3.05, 3.63) is 0 Å². The first-order valence-electron chi connectivity index (χ1n) is 4.13. The molecule has 4 nitrogen and oxygen atoms in total. The lowest BCUT2D eigenvalue weighted by molar-refractivity contribution is -0.135. The Balaban J connectivity index is 3.75. The minimum absolute atomic E-state index is 0.392. The Kier molecular flexibility index (Phi) is 5.88. The molecule has 0 rings (SSSR count). The first-order chi connectivity index (χ1) is 5.63. The smallest absolute Gasteiger partial charge is 0.189 e. The lowest BCUT2D eigenvalue weighted by Crippen LogP contribution is -2.35. The average Bonchev–Trinajstić information content (AvgIpc) is 2.11. The van der Waals surface area contributed by atoms with Gasteiger partial charge < -0.3 is 15.3 Å². The molecule has 72 valence electrons. The standard InChI is InChI=1S/C8H16O4/c1-2-3-4-6(10)8(12)7(11)5-9/h6,8-10,12H,2-5H2,1H3. The average molecular weight is 176 g/mol. The van der Waals surface area contributed by atoms with Gasteiger partial charge in [-0.25, -0.2) is 0 Å². The Hall–Kier alpha value is -0.450. The van der Waals surface area contributed by atoms with Crippen LogP contribution < -0.4 is 0 Å². The van der Waals surface area contributed by atoms with E-state index in [1.165, 1.54) is 0 Å². The highest BCUT2D eigenvalue weighted by molar-refractivity contribution is 5.84. The highest BCUT2D eigenvalue weighted by Crippen LogP contribution is 2.05. The van der Waals surface area contributed by atoms with Crippen molar-refractivity contribution in [2.45, 2.75) is 38.4 Å². The van der Waals surface area contributed by atoms with E-state index < -0.39 is 24.6 Å². The predicted molar refractivity (Wildman–Crippen MR) is 43.6 cm³/mol. The van der Waals surface area contributed by atoms with E-state index in [1.807, 2.05) is 6.92 Å². The van der Waals surface area contributed by atoms with Gasteiger partial charge in [0.2, 0.25) is 0 Å². The van der Waals surface area contributed by atoms with Gasteiger partial charge in [0.15, 0.2) is 5.78 Å². The number of hydrogen-bond acceptors (Lipinski definition) is 4. The third-order valence-corrected chi connectivity index (χ3v) is 1.70. The maximum atomic E-state index is 10.7. The summed E-state index contributed by atoms with van der Waals surface area (Å²) in [5, 5.41) is 26.6. The molecule has 12 heavy (non-hydrogen) atoms. The molecule has 0 amide bonds. The van der Waals surface area contributed by atoms with Crippen LogP contribution in [0.4, 0.5) is 0 Å². The second-order valence-electron chi connectivity index (χ2n) is 2.78. The molecule has 0 aliphatic rings. The molecule has 3 N–H and O–H groups in total. The minimum atomic E-state index is -1.43. The number of carbonyl (C=O) groups is 1. The summed E-state index contributed by atoms with van der Waals surface area (Å²) in [6.07, 6.45) is -0.414. The van der Waals surface area contributed by atoms with Crippen molar-refractivity contribution in [2.24, 2.45) is 0 Å². The Morgan fingerprint density at radius 2 is 2.00 bits per heavy atom. The molecular formula is C8H16O4. The molecule has 0 aliphatic heterocycles. The topological polar surface area (TPSA) is 77.8 Å². The highest BCUT2D eigenvalue weighted by Gasteiger charge is 2.22. The number of Topliss-reactive ketones (excluding diaryl/α,β-unsaturated/α-hetero) is 1. The summed E-state index contributed by atoms with van der Waals surface area (Å²) in [5.74, 6) is -0.724. The molecule has 0 fully saturated rings. The monoisotopic (exact) mass is 176 g/mol. The maximum absolute atomic E-state index is 10.7. The summed E-state index contributed by atoms with van der Waals surface area (Å²) < 4.78 is 0. The Labute approximate surface area is 71.8 Å². The van der Waals surface area contributed by atoms with Crippen LogP contribution in [0.3, 0.4) is 0 Å². The third kappa shape index (κ3) is 3.80. The zero-order valence-electron chi connectivity index (χ0n) is 7.23. The van der Waals surface area contributed by atoms with Crippen LogP contribution in [0.25, 0.3) is 0 Å². The summed E-state index contributed by atoms with van der Waals surface area (Å²) in [6, 6.07) is 0. The molecule has 0 spiro atoms.